The Morgan fingerprint density at radius 2 is 2.35 bits per heavy atom. The largest absolute Gasteiger partial charge is 0.395 e. The van der Waals surface area contributed by atoms with Crippen LogP contribution in [0.25, 0.3) is 0 Å². The normalized spacial score (nSPS) is 14.4. The van der Waals surface area contributed by atoms with Crippen LogP contribution in [0.3, 0.4) is 0 Å². The molecule has 3 heterocycles. The Morgan fingerprint density at radius 3 is 3.10 bits per heavy atom. The first-order chi connectivity index (χ1) is 9.61. The predicted molar refractivity (Wildman–Crippen MR) is 79.8 cm³/mol. The Morgan fingerprint density at radius 1 is 1.55 bits per heavy atom. The number of nitrogen functional groups attached to an aromatic ring is 1. The number of aromatic nitrogens is 2. The fourth-order valence-corrected chi connectivity index (χ4v) is 3.51. The molecule has 0 aliphatic carbocycles. The second-order valence-corrected chi connectivity index (χ2v) is 6.01. The fourth-order valence-electron chi connectivity index (χ4n) is 2.62. The van der Waals surface area contributed by atoms with Crippen molar-refractivity contribution in [3.05, 3.63) is 33.3 Å². The van der Waals surface area contributed by atoms with E-state index in [1.807, 2.05) is 18.7 Å². The third-order valence-electron chi connectivity index (χ3n) is 3.77. The standard InChI is InChI=1S/C14H18N4OS/c1-3-18-13(12(15)9(2)16-18)14(19)17-6-4-11-10(8-17)5-7-20-11/h5,7H,3-4,6,8,15H2,1-2H3. The van der Waals surface area contributed by atoms with E-state index in [9.17, 15) is 4.79 Å². The fraction of sp³-hybridized carbons (Fsp3) is 0.429. The van der Waals surface area contributed by atoms with Crippen molar-refractivity contribution in [3.8, 4) is 0 Å². The minimum Gasteiger partial charge on any atom is -0.395 e. The summed E-state index contributed by atoms with van der Waals surface area (Å²) in [7, 11) is 0. The van der Waals surface area contributed by atoms with Crippen LogP contribution < -0.4 is 5.73 Å². The maximum Gasteiger partial charge on any atom is 0.274 e. The van der Waals surface area contributed by atoms with E-state index in [1.54, 1.807) is 16.0 Å². The third kappa shape index (κ3) is 2.00. The minimum absolute atomic E-state index is 0.0122. The van der Waals surface area contributed by atoms with E-state index < -0.39 is 0 Å². The molecule has 2 N–H and O–H groups in total. The van der Waals surface area contributed by atoms with Crippen molar-refractivity contribution in [2.45, 2.75) is 33.4 Å². The van der Waals surface area contributed by atoms with Gasteiger partial charge in [-0.15, -0.1) is 11.3 Å². The average Bonchev–Trinajstić information content (AvgIpc) is 3.02. The van der Waals surface area contributed by atoms with E-state index in [0.29, 0.717) is 24.5 Å². The van der Waals surface area contributed by atoms with E-state index in [-0.39, 0.29) is 5.91 Å². The van der Waals surface area contributed by atoms with Crippen LogP contribution in [0, 0.1) is 6.92 Å². The first kappa shape index (κ1) is 13.2. The van der Waals surface area contributed by atoms with E-state index in [0.717, 1.165) is 18.7 Å². The number of hydrogen-bond donors (Lipinski definition) is 1. The van der Waals surface area contributed by atoms with Gasteiger partial charge in [0, 0.05) is 24.5 Å². The van der Waals surface area contributed by atoms with Crippen LogP contribution in [0.5, 0.6) is 0 Å². The van der Waals surface area contributed by atoms with Crippen molar-refractivity contribution >= 4 is 22.9 Å². The summed E-state index contributed by atoms with van der Waals surface area (Å²) in [4.78, 5) is 16.0. The molecule has 5 nitrogen and oxygen atoms in total. The van der Waals surface area contributed by atoms with Crippen molar-refractivity contribution < 1.29 is 4.79 Å². The lowest BCUT2D eigenvalue weighted by molar-refractivity contribution is 0.0724. The Balaban J connectivity index is 1.91. The van der Waals surface area contributed by atoms with Crippen molar-refractivity contribution in [2.75, 3.05) is 12.3 Å². The van der Waals surface area contributed by atoms with Gasteiger partial charge in [-0.05, 0) is 37.3 Å². The molecule has 0 aromatic carbocycles. The maximum absolute atomic E-state index is 12.7. The van der Waals surface area contributed by atoms with Gasteiger partial charge in [0.15, 0.2) is 0 Å². The van der Waals surface area contributed by atoms with Crippen LogP contribution in [0.15, 0.2) is 11.4 Å². The SMILES string of the molecule is CCn1nc(C)c(N)c1C(=O)N1CCc2sccc2C1. The van der Waals surface area contributed by atoms with E-state index in [2.05, 4.69) is 16.5 Å². The van der Waals surface area contributed by atoms with Gasteiger partial charge >= 0.3 is 0 Å². The molecule has 6 heteroatoms. The number of thiophene rings is 1. The summed E-state index contributed by atoms with van der Waals surface area (Å²) in [5.74, 6) is -0.0122. The highest BCUT2D eigenvalue weighted by Gasteiger charge is 2.27. The van der Waals surface area contributed by atoms with E-state index in [4.69, 9.17) is 5.73 Å². The van der Waals surface area contributed by atoms with Crippen molar-refractivity contribution in [1.29, 1.82) is 0 Å². The Kier molecular flexibility index (Phi) is 3.25. The molecular formula is C14H18N4OS. The maximum atomic E-state index is 12.7. The van der Waals surface area contributed by atoms with Gasteiger partial charge in [-0.3, -0.25) is 9.48 Å². The summed E-state index contributed by atoms with van der Waals surface area (Å²) in [6.45, 7) is 5.88. The molecule has 0 unspecified atom stereocenters. The van der Waals surface area contributed by atoms with Gasteiger partial charge in [-0.1, -0.05) is 0 Å². The summed E-state index contributed by atoms with van der Waals surface area (Å²) >= 11 is 1.77. The lowest BCUT2D eigenvalue weighted by Crippen LogP contribution is -2.36. The number of nitrogens with zero attached hydrogens (tertiary/aromatic N) is 3. The molecule has 2 aromatic heterocycles. The smallest absolute Gasteiger partial charge is 0.274 e. The topological polar surface area (TPSA) is 64.2 Å². The molecule has 2 aromatic rings. The predicted octanol–water partition coefficient (Wildman–Crippen LogP) is 2.05. The van der Waals surface area contributed by atoms with Crippen LogP contribution in [-0.4, -0.2) is 27.1 Å². The Hall–Kier alpha value is -1.82. The number of fused-ring (bicyclic) bond motifs is 1. The molecule has 0 saturated heterocycles. The summed E-state index contributed by atoms with van der Waals surface area (Å²) < 4.78 is 1.70. The molecule has 0 atom stereocenters. The van der Waals surface area contributed by atoms with Gasteiger partial charge in [0.2, 0.25) is 0 Å². The number of carbonyl (C=O) groups is 1. The molecule has 0 saturated carbocycles. The van der Waals surface area contributed by atoms with Crippen molar-refractivity contribution in [1.82, 2.24) is 14.7 Å². The molecule has 1 aliphatic heterocycles. The van der Waals surface area contributed by atoms with E-state index in [1.165, 1.54) is 10.4 Å². The molecular weight excluding hydrogens is 272 g/mol. The molecule has 1 aliphatic rings. The lowest BCUT2D eigenvalue weighted by Gasteiger charge is -2.27. The summed E-state index contributed by atoms with van der Waals surface area (Å²) in [5.41, 5.74) is 9.05. The van der Waals surface area contributed by atoms with Gasteiger partial charge in [0.1, 0.15) is 5.69 Å². The Bertz CT molecular complexity index is 658. The van der Waals surface area contributed by atoms with Gasteiger partial charge in [0.05, 0.1) is 11.4 Å². The van der Waals surface area contributed by atoms with E-state index >= 15 is 0 Å². The number of aryl methyl sites for hydroxylation is 2. The number of hydrogen-bond acceptors (Lipinski definition) is 4. The minimum atomic E-state index is -0.0122. The second-order valence-electron chi connectivity index (χ2n) is 5.01. The highest BCUT2D eigenvalue weighted by Crippen LogP contribution is 2.26. The monoisotopic (exact) mass is 290 g/mol. The zero-order chi connectivity index (χ0) is 14.3. The van der Waals surface area contributed by atoms with Gasteiger partial charge in [-0.25, -0.2) is 0 Å². The molecule has 1 amide bonds. The molecule has 106 valence electrons. The lowest BCUT2D eigenvalue weighted by atomic mass is 10.1. The van der Waals surface area contributed by atoms with Gasteiger partial charge < -0.3 is 10.6 Å². The number of anilines is 1. The first-order valence-electron chi connectivity index (χ1n) is 6.79. The quantitative estimate of drug-likeness (QED) is 0.920. The average molecular weight is 290 g/mol. The van der Waals surface area contributed by atoms with Crippen LogP contribution >= 0.6 is 11.3 Å². The Labute approximate surface area is 122 Å². The number of rotatable bonds is 2. The zero-order valence-electron chi connectivity index (χ0n) is 11.7. The van der Waals surface area contributed by atoms with Crippen molar-refractivity contribution in [2.24, 2.45) is 0 Å². The number of nitrogens with two attached hydrogens (primary N) is 1. The highest BCUT2D eigenvalue weighted by molar-refractivity contribution is 7.10. The highest BCUT2D eigenvalue weighted by atomic mass is 32.1. The van der Waals surface area contributed by atoms with Gasteiger partial charge in [-0.2, -0.15) is 5.10 Å². The molecule has 0 fully saturated rings. The molecule has 3 rings (SSSR count). The van der Waals surface area contributed by atoms with Crippen LogP contribution in [-0.2, 0) is 19.5 Å². The number of amides is 1. The molecule has 0 bridgehead atoms. The molecule has 20 heavy (non-hydrogen) atoms. The second kappa shape index (κ2) is 4.94. The molecule has 0 radical (unpaired) electrons. The first-order valence-corrected chi connectivity index (χ1v) is 7.67. The zero-order valence-corrected chi connectivity index (χ0v) is 12.5. The van der Waals surface area contributed by atoms with Crippen LogP contribution in [0.4, 0.5) is 5.69 Å². The van der Waals surface area contributed by atoms with Crippen LogP contribution in [0.2, 0.25) is 0 Å². The number of carbonyl (C=O) groups excluding carboxylic acids is 1. The van der Waals surface area contributed by atoms with Gasteiger partial charge in [0.25, 0.3) is 5.91 Å². The van der Waals surface area contributed by atoms with Crippen molar-refractivity contribution in [3.63, 3.8) is 0 Å². The summed E-state index contributed by atoms with van der Waals surface area (Å²) in [6, 6.07) is 2.10. The summed E-state index contributed by atoms with van der Waals surface area (Å²) in [5, 5.41) is 6.42. The van der Waals surface area contributed by atoms with Crippen LogP contribution in [0.1, 0.15) is 33.5 Å². The summed E-state index contributed by atoms with van der Waals surface area (Å²) in [6.07, 6.45) is 0.928. The third-order valence-corrected chi connectivity index (χ3v) is 4.79. The molecule has 0 spiro atoms.